The smallest absolute Gasteiger partial charge is 0.353 e. The van der Waals surface area contributed by atoms with Crippen molar-refractivity contribution < 1.29 is 37.1 Å². The van der Waals surface area contributed by atoms with Crippen LogP contribution < -0.4 is 21.3 Å². The third-order valence-electron chi connectivity index (χ3n) is 6.34. The Labute approximate surface area is 209 Å². The molecule has 3 atom stereocenters. The van der Waals surface area contributed by atoms with Gasteiger partial charge in [-0.25, -0.2) is 0 Å². The molecule has 196 valence electrons. The molecule has 1 aromatic carbocycles. The van der Waals surface area contributed by atoms with E-state index >= 15 is 0 Å². The molecule has 0 aromatic heterocycles. The van der Waals surface area contributed by atoms with Gasteiger partial charge in [0.05, 0.1) is 29.1 Å². The highest BCUT2D eigenvalue weighted by Crippen LogP contribution is 2.53. The minimum Gasteiger partial charge on any atom is -0.353 e. The van der Waals surface area contributed by atoms with Gasteiger partial charge in [-0.3, -0.25) is 24.0 Å². The molecule has 2 aliphatic rings. The fourth-order valence-electron chi connectivity index (χ4n) is 4.28. The van der Waals surface area contributed by atoms with E-state index in [9.17, 15) is 37.1 Å². The number of Topliss-reactive ketones (excluding diaryl/α,β-unsaturated/α-hetero) is 1. The van der Waals surface area contributed by atoms with Gasteiger partial charge in [-0.2, -0.15) is 13.2 Å². The number of ketones is 1. The second-order valence-electron chi connectivity index (χ2n) is 9.26. The largest absolute Gasteiger partial charge is 0.390 e. The second-order valence-corrected chi connectivity index (χ2v) is 9.70. The lowest BCUT2D eigenvalue weighted by Crippen LogP contribution is -2.48. The van der Waals surface area contributed by atoms with Crippen molar-refractivity contribution in [2.75, 3.05) is 12.4 Å². The van der Waals surface area contributed by atoms with Gasteiger partial charge in [-0.05, 0) is 50.8 Å². The highest BCUT2D eigenvalue weighted by Gasteiger charge is 2.56. The van der Waals surface area contributed by atoms with Crippen LogP contribution in [0.3, 0.4) is 0 Å². The number of hydrogen-bond donors (Lipinski definition) is 4. The van der Waals surface area contributed by atoms with E-state index in [0.717, 1.165) is 0 Å². The quantitative estimate of drug-likeness (QED) is 0.364. The lowest BCUT2D eigenvalue weighted by molar-refractivity contribution is -0.155. The van der Waals surface area contributed by atoms with Gasteiger partial charge in [0.2, 0.25) is 17.6 Å². The minimum absolute atomic E-state index is 0.0536. The van der Waals surface area contributed by atoms with E-state index in [1.54, 1.807) is 6.92 Å². The molecule has 36 heavy (non-hydrogen) atoms. The van der Waals surface area contributed by atoms with Gasteiger partial charge >= 0.3 is 6.18 Å². The number of benzene rings is 1. The Kier molecular flexibility index (Phi) is 7.97. The molecule has 0 radical (unpaired) electrons. The number of alkyl halides is 3. The van der Waals surface area contributed by atoms with Crippen LogP contribution in [0, 0.1) is 11.3 Å². The number of rotatable bonds is 9. The van der Waals surface area contributed by atoms with Crippen molar-refractivity contribution in [3.8, 4) is 0 Å². The Morgan fingerprint density at radius 2 is 1.89 bits per heavy atom. The monoisotopic (exact) mass is 530 g/mol. The lowest BCUT2D eigenvalue weighted by Gasteiger charge is -2.21. The summed E-state index contributed by atoms with van der Waals surface area (Å²) in [6.07, 6.45) is -5.47. The molecular formula is C23H26ClF3N4O5. The Bertz CT molecular complexity index is 1090. The third-order valence-corrected chi connectivity index (χ3v) is 6.57. The summed E-state index contributed by atoms with van der Waals surface area (Å²) < 4.78 is 38.8. The molecule has 3 rings (SSSR count). The minimum atomic E-state index is -4.54. The van der Waals surface area contributed by atoms with E-state index in [-0.39, 0.29) is 47.5 Å². The highest BCUT2D eigenvalue weighted by molar-refractivity contribution is 6.38. The molecule has 4 amide bonds. The number of likely N-dealkylation sites (N-methyl/N-ethyl adjacent to an activating group) is 1. The molecule has 1 saturated heterocycles. The topological polar surface area (TPSA) is 133 Å². The summed E-state index contributed by atoms with van der Waals surface area (Å²) in [4.78, 5) is 62.7. The average molecular weight is 531 g/mol. The van der Waals surface area contributed by atoms with Crippen molar-refractivity contribution in [1.29, 1.82) is 0 Å². The number of nitrogens with one attached hydrogen (secondary N) is 4. The summed E-state index contributed by atoms with van der Waals surface area (Å²) in [6.45, 7) is 1.78. The van der Waals surface area contributed by atoms with Crippen LogP contribution in [-0.2, 0) is 19.2 Å². The van der Waals surface area contributed by atoms with Crippen LogP contribution in [0.2, 0.25) is 5.02 Å². The molecule has 9 nitrogen and oxygen atoms in total. The fourth-order valence-corrected chi connectivity index (χ4v) is 4.45. The summed E-state index contributed by atoms with van der Waals surface area (Å²) in [7, 11) is 1.24. The highest BCUT2D eigenvalue weighted by atomic mass is 35.5. The first-order chi connectivity index (χ1) is 16.7. The van der Waals surface area contributed by atoms with Gasteiger partial charge in [0.1, 0.15) is 0 Å². The molecular weight excluding hydrogens is 505 g/mol. The van der Waals surface area contributed by atoms with E-state index in [1.807, 2.05) is 0 Å². The molecule has 2 fully saturated rings. The molecule has 1 aliphatic carbocycles. The van der Waals surface area contributed by atoms with E-state index in [4.69, 9.17) is 11.6 Å². The first-order valence-electron chi connectivity index (χ1n) is 11.3. The van der Waals surface area contributed by atoms with Gasteiger partial charge in [-0.1, -0.05) is 11.6 Å². The lowest BCUT2D eigenvalue weighted by atomic mass is 9.93. The first kappa shape index (κ1) is 27.4. The molecule has 4 N–H and O–H groups in total. The van der Waals surface area contributed by atoms with Crippen LogP contribution in [-0.4, -0.2) is 54.7 Å². The number of anilines is 1. The van der Waals surface area contributed by atoms with Crippen molar-refractivity contribution >= 4 is 46.7 Å². The number of carbonyl (C=O) groups is 5. The zero-order valence-corrected chi connectivity index (χ0v) is 20.3. The number of amides is 4. The van der Waals surface area contributed by atoms with E-state index in [0.29, 0.717) is 6.42 Å². The maximum Gasteiger partial charge on any atom is 0.390 e. The normalized spacial score (nSPS) is 21.2. The molecule has 0 unspecified atom stereocenters. The molecule has 1 aromatic rings. The number of halogens is 4. The Morgan fingerprint density at radius 3 is 2.42 bits per heavy atom. The zero-order chi connectivity index (χ0) is 26.8. The van der Waals surface area contributed by atoms with Crippen molar-refractivity contribution in [3.63, 3.8) is 0 Å². The molecule has 13 heteroatoms. The Hall–Kier alpha value is -3.15. The summed E-state index contributed by atoms with van der Waals surface area (Å²) in [5.41, 5.74) is -1.91. The first-order valence-corrected chi connectivity index (χ1v) is 11.7. The molecule has 1 heterocycles. The maximum absolute atomic E-state index is 13.2. The summed E-state index contributed by atoms with van der Waals surface area (Å²) >= 11 is 6.01. The average Bonchev–Trinajstić information content (AvgIpc) is 3.49. The van der Waals surface area contributed by atoms with Crippen LogP contribution in [0.1, 0.15) is 49.4 Å². The predicted octanol–water partition coefficient (Wildman–Crippen LogP) is 2.34. The van der Waals surface area contributed by atoms with Crippen LogP contribution in [0.25, 0.3) is 0 Å². The van der Waals surface area contributed by atoms with Crippen LogP contribution in [0.15, 0.2) is 18.2 Å². The van der Waals surface area contributed by atoms with Gasteiger partial charge in [-0.15, -0.1) is 0 Å². The Balaban J connectivity index is 1.82. The van der Waals surface area contributed by atoms with Crippen molar-refractivity contribution in [2.24, 2.45) is 11.3 Å². The number of hydrogen-bond acceptors (Lipinski definition) is 5. The summed E-state index contributed by atoms with van der Waals surface area (Å²) in [5, 5.41) is 9.78. The van der Waals surface area contributed by atoms with Gasteiger partial charge < -0.3 is 21.3 Å². The van der Waals surface area contributed by atoms with Crippen LogP contribution >= 0.6 is 11.6 Å². The van der Waals surface area contributed by atoms with Crippen LogP contribution in [0.5, 0.6) is 0 Å². The SMILES string of the molecule is CNC(=O)C(=O)[C@H](C[C@@H]1C[C@@H](C)NC1=O)NC(=O)c1cc(Cl)ccc1NC(=O)C1(CC(F)(F)F)CC1. The van der Waals surface area contributed by atoms with E-state index < -0.39 is 53.5 Å². The van der Waals surface area contributed by atoms with Crippen molar-refractivity contribution in [3.05, 3.63) is 28.8 Å². The molecule has 0 bridgehead atoms. The van der Waals surface area contributed by atoms with Gasteiger partial charge in [0.15, 0.2) is 0 Å². The van der Waals surface area contributed by atoms with Gasteiger partial charge in [0.25, 0.3) is 11.8 Å². The van der Waals surface area contributed by atoms with Gasteiger partial charge in [0, 0.05) is 24.0 Å². The van der Waals surface area contributed by atoms with Crippen molar-refractivity contribution in [1.82, 2.24) is 16.0 Å². The second kappa shape index (κ2) is 10.5. The van der Waals surface area contributed by atoms with Crippen molar-refractivity contribution in [2.45, 2.75) is 57.3 Å². The molecule has 0 spiro atoms. The fraction of sp³-hybridized carbons (Fsp3) is 0.522. The Morgan fingerprint density at radius 1 is 1.22 bits per heavy atom. The molecule has 1 saturated carbocycles. The standard InChI is InChI=1S/C23H26ClF3N4O5/c1-11-7-12(18(33)29-11)8-16(17(32)20(35)28-2)30-19(34)14-9-13(24)3-4-15(14)31-21(36)22(5-6-22)10-23(25,26)27/h3-4,9,11-12,16H,5-8,10H2,1-2H3,(H,28,35)(H,29,33)(H,30,34)(H,31,36)/t11-,12+,16+/m1/s1. The number of carbonyl (C=O) groups excluding carboxylic acids is 5. The zero-order valence-electron chi connectivity index (χ0n) is 19.6. The van der Waals surface area contributed by atoms with E-state index in [1.165, 1.54) is 25.2 Å². The van der Waals surface area contributed by atoms with Crippen LogP contribution in [0.4, 0.5) is 18.9 Å². The maximum atomic E-state index is 13.2. The third kappa shape index (κ3) is 6.54. The predicted molar refractivity (Wildman–Crippen MR) is 123 cm³/mol. The molecule has 1 aliphatic heterocycles. The van der Waals surface area contributed by atoms with E-state index in [2.05, 4.69) is 21.3 Å². The summed E-state index contributed by atoms with van der Waals surface area (Å²) in [5.74, 6) is -4.69. The summed E-state index contributed by atoms with van der Waals surface area (Å²) in [6, 6.07) is 2.27.